The van der Waals surface area contributed by atoms with Gasteiger partial charge in [-0.3, -0.25) is 0 Å². The van der Waals surface area contributed by atoms with Crippen LogP contribution in [0.3, 0.4) is 0 Å². The molecule has 2 heterocycles. The summed E-state index contributed by atoms with van der Waals surface area (Å²) in [5, 5.41) is 9.12. The molecule has 4 atom stereocenters. The molecule has 0 saturated carbocycles. The Morgan fingerprint density at radius 1 is 1.75 bits per heavy atom. The largest absolute Gasteiger partial charge is 0.393 e. The average Bonchev–Trinajstić information content (AvgIpc) is 2.23. The Hall–Kier alpha value is -0.0951. The molecule has 2 aliphatic rings. The van der Waals surface area contributed by atoms with Crippen LogP contribution in [-0.4, -0.2) is 57.1 Å². The standard InChI is InChI=1S/C7H13BO4/c1-10-4-5-7(2-9,3-11-5)12-6(4)8/h4-6,9H,2-3,8H2,1H3. The van der Waals surface area contributed by atoms with E-state index in [1.54, 1.807) is 7.11 Å². The highest BCUT2D eigenvalue weighted by atomic mass is 16.7. The molecule has 0 aromatic rings. The number of rotatable bonds is 2. The van der Waals surface area contributed by atoms with Crippen molar-refractivity contribution in [3.63, 3.8) is 0 Å². The Labute approximate surface area is 72.2 Å². The van der Waals surface area contributed by atoms with Crippen molar-refractivity contribution in [2.75, 3.05) is 20.3 Å². The molecule has 0 bridgehead atoms. The first-order valence-electron chi connectivity index (χ1n) is 4.16. The second-order valence-electron chi connectivity index (χ2n) is 3.48. The molecule has 1 N–H and O–H groups in total. The fourth-order valence-corrected chi connectivity index (χ4v) is 2.03. The second kappa shape index (κ2) is 2.70. The molecule has 2 fully saturated rings. The molecular weight excluding hydrogens is 159 g/mol. The molecule has 68 valence electrons. The minimum absolute atomic E-state index is 0.00894. The lowest BCUT2D eigenvalue weighted by Crippen LogP contribution is -2.61. The van der Waals surface area contributed by atoms with Gasteiger partial charge in [0, 0.05) is 7.11 Å². The summed E-state index contributed by atoms with van der Waals surface area (Å²) in [6.07, 6.45) is -0.117. The van der Waals surface area contributed by atoms with Gasteiger partial charge in [-0.2, -0.15) is 0 Å². The van der Waals surface area contributed by atoms with Gasteiger partial charge < -0.3 is 19.3 Å². The van der Waals surface area contributed by atoms with Crippen molar-refractivity contribution in [3.05, 3.63) is 0 Å². The predicted molar refractivity (Wildman–Crippen MR) is 43.8 cm³/mol. The van der Waals surface area contributed by atoms with Crippen LogP contribution in [0, 0.1) is 0 Å². The van der Waals surface area contributed by atoms with Gasteiger partial charge in [0.05, 0.1) is 19.2 Å². The number of ether oxygens (including phenoxy) is 3. The van der Waals surface area contributed by atoms with E-state index in [1.807, 2.05) is 7.85 Å². The third kappa shape index (κ3) is 0.878. The van der Waals surface area contributed by atoms with Gasteiger partial charge >= 0.3 is 0 Å². The highest BCUT2D eigenvalue weighted by molar-refractivity contribution is 6.11. The Kier molecular flexibility index (Phi) is 1.91. The molecule has 4 nitrogen and oxygen atoms in total. The monoisotopic (exact) mass is 172 g/mol. The Morgan fingerprint density at radius 2 is 2.50 bits per heavy atom. The molecule has 0 spiro atoms. The molecule has 0 aromatic carbocycles. The molecule has 0 amide bonds. The zero-order chi connectivity index (χ0) is 8.77. The summed E-state index contributed by atoms with van der Waals surface area (Å²) in [5.41, 5.74) is -0.472. The highest BCUT2D eigenvalue weighted by Gasteiger charge is 2.61. The summed E-state index contributed by atoms with van der Waals surface area (Å²) >= 11 is 0. The Morgan fingerprint density at radius 3 is 2.83 bits per heavy atom. The zero-order valence-corrected chi connectivity index (χ0v) is 7.32. The average molecular weight is 172 g/mol. The molecule has 5 heteroatoms. The third-order valence-electron chi connectivity index (χ3n) is 2.75. The normalized spacial score (nSPS) is 51.7. The first-order chi connectivity index (χ1) is 5.73. The smallest absolute Gasteiger partial charge is 0.142 e. The number of hydrogen-bond acceptors (Lipinski definition) is 4. The van der Waals surface area contributed by atoms with E-state index in [0.29, 0.717) is 6.61 Å². The van der Waals surface area contributed by atoms with Crippen LogP contribution in [0.2, 0.25) is 0 Å². The van der Waals surface area contributed by atoms with Gasteiger partial charge in [-0.1, -0.05) is 0 Å². The van der Waals surface area contributed by atoms with Crippen LogP contribution in [0.15, 0.2) is 0 Å². The first-order valence-corrected chi connectivity index (χ1v) is 4.16. The maximum absolute atomic E-state index is 9.12. The van der Waals surface area contributed by atoms with Gasteiger partial charge in [0.15, 0.2) is 0 Å². The van der Waals surface area contributed by atoms with Gasteiger partial charge in [0.1, 0.15) is 25.7 Å². The quantitative estimate of drug-likeness (QED) is 0.495. The van der Waals surface area contributed by atoms with E-state index in [-0.39, 0.29) is 24.8 Å². The number of fused-ring (bicyclic) bond motifs is 1. The Balaban J connectivity index is 2.13. The molecule has 0 aromatic heterocycles. The maximum atomic E-state index is 9.12. The van der Waals surface area contributed by atoms with Crippen LogP contribution in [0.4, 0.5) is 0 Å². The van der Waals surface area contributed by atoms with Crippen LogP contribution in [0.5, 0.6) is 0 Å². The maximum Gasteiger partial charge on any atom is 0.142 e. The van der Waals surface area contributed by atoms with E-state index in [2.05, 4.69) is 0 Å². The van der Waals surface area contributed by atoms with Crippen molar-refractivity contribution in [3.8, 4) is 0 Å². The van der Waals surface area contributed by atoms with E-state index >= 15 is 0 Å². The van der Waals surface area contributed by atoms with E-state index in [0.717, 1.165) is 0 Å². The van der Waals surface area contributed by atoms with Crippen molar-refractivity contribution in [2.45, 2.75) is 23.8 Å². The molecule has 0 aliphatic carbocycles. The number of hydrogen-bond donors (Lipinski definition) is 1. The fourth-order valence-electron chi connectivity index (χ4n) is 2.03. The topological polar surface area (TPSA) is 47.9 Å². The summed E-state index contributed by atoms with van der Waals surface area (Å²) in [7, 11) is 3.58. The summed E-state index contributed by atoms with van der Waals surface area (Å²) < 4.78 is 16.1. The molecular formula is C7H13BO4. The van der Waals surface area contributed by atoms with Crippen molar-refractivity contribution in [1.29, 1.82) is 0 Å². The lowest BCUT2D eigenvalue weighted by atomic mass is 9.86. The van der Waals surface area contributed by atoms with Crippen molar-refractivity contribution >= 4 is 7.85 Å². The third-order valence-corrected chi connectivity index (χ3v) is 2.75. The van der Waals surface area contributed by atoms with Crippen LogP contribution in [0.1, 0.15) is 0 Å². The van der Waals surface area contributed by atoms with Crippen LogP contribution >= 0.6 is 0 Å². The SMILES string of the molecule is BC1OC2(CO)COC2C1OC. The summed E-state index contributed by atoms with van der Waals surface area (Å²) in [4.78, 5) is 0. The minimum Gasteiger partial charge on any atom is -0.393 e. The van der Waals surface area contributed by atoms with Gasteiger partial charge in [0.25, 0.3) is 0 Å². The number of methoxy groups -OCH3 is 1. The number of aliphatic hydroxyl groups excluding tert-OH is 1. The van der Waals surface area contributed by atoms with E-state index in [4.69, 9.17) is 19.3 Å². The minimum atomic E-state index is -0.472. The van der Waals surface area contributed by atoms with Crippen LogP contribution in [-0.2, 0) is 14.2 Å². The molecule has 2 aliphatic heterocycles. The van der Waals surface area contributed by atoms with Gasteiger partial charge in [-0.25, -0.2) is 0 Å². The predicted octanol–water partition coefficient (Wildman–Crippen LogP) is -1.88. The molecule has 2 saturated heterocycles. The summed E-state index contributed by atoms with van der Waals surface area (Å²) in [6, 6.07) is 0.00894. The van der Waals surface area contributed by atoms with Crippen LogP contribution < -0.4 is 0 Å². The van der Waals surface area contributed by atoms with E-state index in [9.17, 15) is 0 Å². The fraction of sp³-hybridized carbons (Fsp3) is 1.00. The van der Waals surface area contributed by atoms with Gasteiger partial charge in [-0.05, 0) is 0 Å². The van der Waals surface area contributed by atoms with E-state index in [1.165, 1.54) is 0 Å². The molecule has 12 heavy (non-hydrogen) atoms. The Bertz CT molecular complexity index is 184. The van der Waals surface area contributed by atoms with E-state index < -0.39 is 5.60 Å². The highest BCUT2D eigenvalue weighted by Crippen LogP contribution is 2.41. The van der Waals surface area contributed by atoms with Crippen molar-refractivity contribution in [1.82, 2.24) is 0 Å². The van der Waals surface area contributed by atoms with Crippen molar-refractivity contribution in [2.24, 2.45) is 0 Å². The van der Waals surface area contributed by atoms with Gasteiger partial charge in [0.2, 0.25) is 0 Å². The zero-order valence-electron chi connectivity index (χ0n) is 7.32. The van der Waals surface area contributed by atoms with Crippen molar-refractivity contribution < 1.29 is 19.3 Å². The number of aliphatic hydroxyl groups is 1. The van der Waals surface area contributed by atoms with Gasteiger partial charge in [-0.15, -0.1) is 0 Å². The summed E-state index contributed by atoms with van der Waals surface area (Å²) in [5.74, 6) is 0. The molecule has 0 radical (unpaired) electrons. The molecule has 4 unspecified atom stereocenters. The second-order valence-corrected chi connectivity index (χ2v) is 3.48. The molecule has 2 rings (SSSR count). The summed E-state index contributed by atoms with van der Waals surface area (Å²) in [6.45, 7) is 0.500. The van der Waals surface area contributed by atoms with Crippen LogP contribution in [0.25, 0.3) is 0 Å². The first kappa shape index (κ1) is 8.50. The lowest BCUT2D eigenvalue weighted by Gasteiger charge is -2.42. The lowest BCUT2D eigenvalue weighted by molar-refractivity contribution is -0.241.